The molecule has 1 aliphatic heterocycles. The van der Waals surface area contributed by atoms with Gasteiger partial charge < -0.3 is 10.6 Å². The fourth-order valence-electron chi connectivity index (χ4n) is 2.81. The van der Waals surface area contributed by atoms with Gasteiger partial charge in [-0.1, -0.05) is 47.5 Å². The minimum atomic E-state index is -0.469. The van der Waals surface area contributed by atoms with E-state index in [1.807, 2.05) is 24.3 Å². The van der Waals surface area contributed by atoms with Gasteiger partial charge >= 0.3 is 0 Å². The molecule has 0 fully saturated rings. The van der Waals surface area contributed by atoms with Crippen LogP contribution in [0.1, 0.15) is 17.0 Å². The quantitative estimate of drug-likeness (QED) is 0.925. The molecule has 0 saturated heterocycles. The van der Waals surface area contributed by atoms with Gasteiger partial charge in [-0.2, -0.15) is 0 Å². The first-order valence-electron chi connectivity index (χ1n) is 7.10. The van der Waals surface area contributed by atoms with Crippen molar-refractivity contribution in [3.8, 4) is 0 Å². The molecule has 3 rings (SSSR count). The molecule has 4 nitrogen and oxygen atoms in total. The first kappa shape index (κ1) is 15.8. The first-order chi connectivity index (χ1) is 11.0. The zero-order valence-corrected chi connectivity index (χ0v) is 13.6. The normalized spacial score (nSPS) is 16.3. The van der Waals surface area contributed by atoms with Gasteiger partial charge in [0.25, 0.3) is 0 Å². The minimum Gasteiger partial charge on any atom is -0.369 e. The Morgan fingerprint density at radius 3 is 2.57 bits per heavy atom. The van der Waals surface area contributed by atoms with Crippen LogP contribution in [0.2, 0.25) is 10.0 Å². The topological polar surface area (TPSA) is 63.4 Å². The number of rotatable bonds is 3. The van der Waals surface area contributed by atoms with Crippen molar-refractivity contribution in [1.82, 2.24) is 0 Å². The van der Waals surface area contributed by atoms with Crippen LogP contribution < -0.4 is 10.6 Å². The largest absolute Gasteiger partial charge is 0.369 e. The number of primary amides is 1. The number of amides is 2. The third-order valence-electron chi connectivity index (χ3n) is 3.95. The van der Waals surface area contributed by atoms with E-state index in [4.69, 9.17) is 28.9 Å². The average Bonchev–Trinajstić information content (AvgIpc) is 2.91. The molecule has 0 spiro atoms. The van der Waals surface area contributed by atoms with Crippen LogP contribution in [-0.2, 0) is 16.0 Å². The van der Waals surface area contributed by atoms with Crippen molar-refractivity contribution >= 4 is 40.7 Å². The van der Waals surface area contributed by atoms with Crippen molar-refractivity contribution in [3.63, 3.8) is 0 Å². The smallest absolute Gasteiger partial charge is 0.231 e. The highest BCUT2D eigenvalue weighted by molar-refractivity contribution is 6.42. The van der Waals surface area contributed by atoms with Crippen molar-refractivity contribution in [2.75, 3.05) is 11.4 Å². The molecule has 0 bridgehead atoms. The Bertz CT molecular complexity index is 792. The number of fused-ring (bicyclic) bond motifs is 1. The number of halogens is 2. The number of carbonyl (C=O) groups is 2. The molecule has 0 aliphatic carbocycles. The fourth-order valence-corrected chi connectivity index (χ4v) is 3.13. The van der Waals surface area contributed by atoms with Gasteiger partial charge in [-0.3, -0.25) is 9.59 Å². The number of nitrogens with two attached hydrogens (primary N) is 1. The second-order valence-electron chi connectivity index (χ2n) is 5.44. The fraction of sp³-hybridized carbons (Fsp3) is 0.176. The predicted octanol–water partition coefficient (Wildman–Crippen LogP) is 3.15. The lowest BCUT2D eigenvalue weighted by Gasteiger charge is -2.17. The van der Waals surface area contributed by atoms with E-state index in [2.05, 4.69) is 0 Å². The molecule has 0 radical (unpaired) electrons. The molecule has 2 amide bonds. The maximum Gasteiger partial charge on any atom is 0.231 e. The minimum absolute atomic E-state index is 0.111. The van der Waals surface area contributed by atoms with E-state index in [0.29, 0.717) is 10.0 Å². The van der Waals surface area contributed by atoms with Crippen LogP contribution in [-0.4, -0.2) is 18.4 Å². The van der Waals surface area contributed by atoms with Crippen molar-refractivity contribution < 1.29 is 9.59 Å². The van der Waals surface area contributed by atoms with Crippen LogP contribution in [0, 0.1) is 0 Å². The summed E-state index contributed by atoms with van der Waals surface area (Å²) in [6, 6.07) is 12.4. The number of hydrogen-bond acceptors (Lipinski definition) is 2. The molecule has 1 aliphatic rings. The number of carbonyl (C=O) groups excluding carboxylic acids is 2. The SMILES string of the molecule is NC(=O)[C@@H]1CN(C(=O)Cc2ccc(Cl)c(Cl)c2)c2ccccc21. The van der Waals surface area contributed by atoms with Gasteiger partial charge in [-0.05, 0) is 29.3 Å². The second kappa shape index (κ2) is 6.22. The summed E-state index contributed by atoms with van der Waals surface area (Å²) in [6.45, 7) is 0.273. The van der Waals surface area contributed by atoms with E-state index in [1.54, 1.807) is 23.1 Å². The number of nitrogens with zero attached hydrogens (tertiary/aromatic N) is 1. The maximum absolute atomic E-state index is 12.6. The van der Waals surface area contributed by atoms with Crippen molar-refractivity contribution in [1.29, 1.82) is 0 Å². The van der Waals surface area contributed by atoms with Gasteiger partial charge in [-0.15, -0.1) is 0 Å². The molecular weight excluding hydrogens is 335 g/mol. The molecule has 0 unspecified atom stereocenters. The Balaban J connectivity index is 1.85. The van der Waals surface area contributed by atoms with Gasteiger partial charge in [-0.25, -0.2) is 0 Å². The van der Waals surface area contributed by atoms with Gasteiger partial charge in [0.15, 0.2) is 0 Å². The Morgan fingerprint density at radius 1 is 1.13 bits per heavy atom. The van der Waals surface area contributed by atoms with E-state index < -0.39 is 11.8 Å². The lowest BCUT2D eigenvalue weighted by atomic mass is 10.0. The molecule has 0 saturated carbocycles. The van der Waals surface area contributed by atoms with E-state index in [0.717, 1.165) is 16.8 Å². The molecule has 23 heavy (non-hydrogen) atoms. The highest BCUT2D eigenvalue weighted by Crippen LogP contribution is 2.36. The molecule has 2 aromatic carbocycles. The lowest BCUT2D eigenvalue weighted by Crippen LogP contribution is -2.33. The molecular formula is C17H14Cl2N2O2. The van der Waals surface area contributed by atoms with Gasteiger partial charge in [0.1, 0.15) is 0 Å². The molecule has 2 aromatic rings. The maximum atomic E-state index is 12.6. The van der Waals surface area contributed by atoms with Crippen LogP contribution >= 0.6 is 23.2 Å². The van der Waals surface area contributed by atoms with Crippen LogP contribution in [0.25, 0.3) is 0 Å². The number of para-hydroxylation sites is 1. The zero-order valence-electron chi connectivity index (χ0n) is 12.1. The van der Waals surface area contributed by atoms with Crippen molar-refractivity contribution in [2.24, 2.45) is 5.73 Å². The number of anilines is 1. The molecule has 6 heteroatoms. The highest BCUT2D eigenvalue weighted by Gasteiger charge is 2.35. The monoisotopic (exact) mass is 348 g/mol. The van der Waals surface area contributed by atoms with Gasteiger partial charge in [0.2, 0.25) is 11.8 Å². The summed E-state index contributed by atoms with van der Waals surface area (Å²) in [5, 5.41) is 0.858. The average molecular weight is 349 g/mol. The summed E-state index contributed by atoms with van der Waals surface area (Å²) in [4.78, 5) is 25.9. The number of benzene rings is 2. The Morgan fingerprint density at radius 2 is 1.87 bits per heavy atom. The van der Waals surface area contributed by atoms with E-state index in [9.17, 15) is 9.59 Å². The van der Waals surface area contributed by atoms with Gasteiger partial charge in [0.05, 0.1) is 22.4 Å². The van der Waals surface area contributed by atoms with E-state index >= 15 is 0 Å². The van der Waals surface area contributed by atoms with Crippen LogP contribution in [0.4, 0.5) is 5.69 Å². The standard InChI is InChI=1S/C17H14Cl2N2O2/c18-13-6-5-10(7-14(13)19)8-16(22)21-9-12(17(20)23)11-3-1-2-4-15(11)21/h1-7,12H,8-9H2,(H2,20,23)/t12-/m1/s1. The first-order valence-corrected chi connectivity index (χ1v) is 7.85. The summed E-state index contributed by atoms with van der Waals surface area (Å²) >= 11 is 11.9. The summed E-state index contributed by atoms with van der Waals surface area (Å²) < 4.78 is 0. The lowest BCUT2D eigenvalue weighted by molar-refractivity contribution is -0.119. The second-order valence-corrected chi connectivity index (χ2v) is 6.26. The summed E-state index contributed by atoms with van der Waals surface area (Å²) in [6.07, 6.45) is 0.177. The molecule has 2 N–H and O–H groups in total. The third-order valence-corrected chi connectivity index (χ3v) is 4.69. The van der Waals surface area contributed by atoms with Crippen molar-refractivity contribution in [2.45, 2.75) is 12.3 Å². The Kier molecular flexibility index (Phi) is 4.28. The van der Waals surface area contributed by atoms with Crippen LogP contribution in [0.5, 0.6) is 0 Å². The van der Waals surface area contributed by atoms with E-state index in [-0.39, 0.29) is 18.9 Å². The Hall–Kier alpha value is -2.04. The summed E-state index contributed by atoms with van der Waals surface area (Å²) in [7, 11) is 0. The predicted molar refractivity (Wildman–Crippen MR) is 90.9 cm³/mol. The van der Waals surface area contributed by atoms with Crippen LogP contribution in [0.3, 0.4) is 0 Å². The third kappa shape index (κ3) is 3.05. The zero-order chi connectivity index (χ0) is 16.6. The van der Waals surface area contributed by atoms with Gasteiger partial charge in [0, 0.05) is 12.2 Å². The highest BCUT2D eigenvalue weighted by atomic mass is 35.5. The Labute approximate surface area is 143 Å². The molecule has 1 atom stereocenters. The summed E-state index contributed by atoms with van der Waals surface area (Å²) in [5.41, 5.74) is 7.75. The number of hydrogen-bond donors (Lipinski definition) is 1. The van der Waals surface area contributed by atoms with Crippen LogP contribution in [0.15, 0.2) is 42.5 Å². The molecule has 118 valence electrons. The summed E-state index contributed by atoms with van der Waals surface area (Å²) in [5.74, 6) is -1.01. The van der Waals surface area contributed by atoms with E-state index in [1.165, 1.54) is 0 Å². The van der Waals surface area contributed by atoms with Crippen molar-refractivity contribution in [3.05, 3.63) is 63.6 Å². The molecule has 1 heterocycles. The molecule has 0 aromatic heterocycles.